The van der Waals surface area contributed by atoms with Gasteiger partial charge in [0.2, 0.25) is 17.7 Å². The number of nitrogens with one attached hydrogen (secondary N) is 5. The number of aliphatic hydroxyl groups is 1. The van der Waals surface area contributed by atoms with Crippen molar-refractivity contribution < 1.29 is 55.3 Å². The number of hydrogen-bond donors (Lipinski definition) is 7. The fraction of sp³-hybridized carbons (Fsp3) is 0.365. The molecular weight excluding hydrogens is 1030 g/mol. The predicted molar refractivity (Wildman–Crippen MR) is 280 cm³/mol. The van der Waals surface area contributed by atoms with Gasteiger partial charge in [-0.1, -0.05) is 63.2 Å². The fourth-order valence-electron chi connectivity index (χ4n) is 8.36. The minimum atomic E-state index is -5.12. The maximum absolute atomic E-state index is 14.1. The maximum atomic E-state index is 14.1. The number of pyridine rings is 1. The summed E-state index contributed by atoms with van der Waals surface area (Å²) in [4.78, 5) is 64.7. The number of thiazole rings is 1. The van der Waals surface area contributed by atoms with E-state index in [4.69, 9.17) is 15.2 Å². The Morgan fingerprint density at radius 3 is 2.34 bits per heavy atom. The van der Waals surface area contributed by atoms with Gasteiger partial charge >= 0.3 is 5.76 Å². The van der Waals surface area contributed by atoms with E-state index in [0.29, 0.717) is 37.2 Å². The van der Waals surface area contributed by atoms with E-state index in [1.165, 1.54) is 53.6 Å². The number of unbranched alkanes of at least 4 members (excludes halogenated alkanes) is 2. The Labute approximate surface area is 441 Å². The van der Waals surface area contributed by atoms with Crippen molar-refractivity contribution in [3.8, 4) is 33.2 Å². The summed E-state index contributed by atoms with van der Waals surface area (Å²) in [6.07, 6.45) is 1.64. The van der Waals surface area contributed by atoms with Crippen molar-refractivity contribution >= 4 is 62.3 Å². The Morgan fingerprint density at radius 2 is 1.70 bits per heavy atom. The number of rotatable bonds is 23. The number of benzene rings is 3. The molecule has 1 saturated heterocycles. The molecule has 19 nitrogen and oxygen atoms in total. The van der Waals surface area contributed by atoms with E-state index < -0.39 is 69.0 Å². The third-order valence-electron chi connectivity index (χ3n) is 12.4. The van der Waals surface area contributed by atoms with Gasteiger partial charge in [0, 0.05) is 31.5 Å². The van der Waals surface area contributed by atoms with Crippen LogP contribution in [0.25, 0.3) is 21.7 Å². The van der Waals surface area contributed by atoms with Gasteiger partial charge in [-0.2, -0.15) is 13.9 Å². The zero-order chi connectivity index (χ0) is 54.9. The molecule has 0 unspecified atom stereocenters. The number of carbonyl (C=O) groups excluding carboxylic acids is 4. The number of carbonyl (C=O) groups is 4. The van der Waals surface area contributed by atoms with Gasteiger partial charge in [-0.3, -0.25) is 29.0 Å². The molecule has 1 aliphatic rings. The van der Waals surface area contributed by atoms with E-state index in [9.17, 15) is 45.9 Å². The first-order valence-electron chi connectivity index (χ1n) is 24.2. The Kier molecular flexibility index (Phi) is 18.0. The Hall–Kier alpha value is -7.57. The summed E-state index contributed by atoms with van der Waals surface area (Å²) in [5.41, 5.74) is 10.0. The highest BCUT2D eigenvalue weighted by Gasteiger charge is 2.44. The summed E-state index contributed by atoms with van der Waals surface area (Å²) in [5.74, 6) is -5.88. The van der Waals surface area contributed by atoms with Gasteiger partial charge in [-0.15, -0.1) is 11.3 Å². The van der Waals surface area contributed by atoms with Gasteiger partial charge in [0.25, 0.3) is 15.9 Å². The number of aromatic nitrogens is 4. The van der Waals surface area contributed by atoms with Crippen LogP contribution < -0.4 is 35.9 Å². The van der Waals surface area contributed by atoms with E-state index in [1.807, 2.05) is 56.7 Å². The lowest BCUT2D eigenvalue weighted by Gasteiger charge is -2.35. The maximum Gasteiger partial charge on any atom is 0.355 e. The lowest BCUT2D eigenvalue weighted by atomic mass is 9.85. The molecular formula is C52H59F3N10O9S2. The molecule has 0 bridgehead atoms. The number of β-amino-alcohol motifs (C(OH)–C–C–N with tert-alkyl or cyclic N) is 1. The normalized spacial score (nSPS) is 15.5. The monoisotopic (exact) mass is 1090 g/mol. The second-order valence-corrected chi connectivity index (χ2v) is 21.7. The minimum absolute atomic E-state index is 0.0194. The van der Waals surface area contributed by atoms with Gasteiger partial charge in [0.1, 0.15) is 46.9 Å². The number of aryl methyl sites for hydroxylation is 1. The van der Waals surface area contributed by atoms with Crippen LogP contribution in [0.5, 0.6) is 11.5 Å². The summed E-state index contributed by atoms with van der Waals surface area (Å²) in [7, 11) is -5.12. The van der Waals surface area contributed by atoms with E-state index in [0.717, 1.165) is 21.7 Å². The third-order valence-corrected chi connectivity index (χ3v) is 14.4. The van der Waals surface area contributed by atoms with E-state index >= 15 is 0 Å². The number of anilines is 3. The van der Waals surface area contributed by atoms with Crippen LogP contribution in [-0.4, -0.2) is 99.3 Å². The Morgan fingerprint density at radius 1 is 0.974 bits per heavy atom. The van der Waals surface area contributed by atoms with Crippen molar-refractivity contribution in [2.45, 2.75) is 103 Å². The average molecular weight is 1090 g/mol. The highest BCUT2D eigenvalue weighted by atomic mass is 32.2. The molecule has 0 saturated carbocycles. The Bertz CT molecular complexity index is 3120. The second-order valence-electron chi connectivity index (χ2n) is 19.2. The van der Waals surface area contributed by atoms with Crippen LogP contribution in [0.3, 0.4) is 0 Å². The molecule has 0 aliphatic carbocycles. The predicted octanol–water partition coefficient (Wildman–Crippen LogP) is 7.74. The summed E-state index contributed by atoms with van der Waals surface area (Å²) >= 11 is 1.55. The van der Waals surface area contributed by atoms with Crippen LogP contribution in [0, 0.1) is 18.2 Å². The quantitative estimate of drug-likeness (QED) is 0.0303. The number of hydrogen-bond acceptors (Lipinski definition) is 14. The van der Waals surface area contributed by atoms with Gasteiger partial charge in [-0.25, -0.2) is 22.8 Å². The number of sulfonamides is 1. The van der Waals surface area contributed by atoms with Crippen molar-refractivity contribution in [1.29, 1.82) is 0 Å². The van der Waals surface area contributed by atoms with E-state index in [1.54, 1.807) is 35.9 Å². The van der Waals surface area contributed by atoms with Crippen LogP contribution in [0.2, 0.25) is 0 Å². The highest BCUT2D eigenvalue weighted by molar-refractivity contribution is 7.93. The van der Waals surface area contributed by atoms with Gasteiger partial charge in [0.15, 0.2) is 5.82 Å². The van der Waals surface area contributed by atoms with Gasteiger partial charge in [0.05, 0.1) is 46.4 Å². The molecule has 4 heterocycles. The van der Waals surface area contributed by atoms with Crippen molar-refractivity contribution in [1.82, 2.24) is 35.7 Å². The molecule has 76 heavy (non-hydrogen) atoms. The number of primary amides is 1. The van der Waals surface area contributed by atoms with Crippen molar-refractivity contribution in [2.24, 2.45) is 11.1 Å². The summed E-state index contributed by atoms with van der Waals surface area (Å²) < 4.78 is 78.3. The molecule has 24 heteroatoms. The third kappa shape index (κ3) is 14.2. The van der Waals surface area contributed by atoms with Crippen LogP contribution in [0.4, 0.5) is 30.5 Å². The van der Waals surface area contributed by atoms with Crippen molar-refractivity contribution in [3.63, 3.8) is 0 Å². The standard InChI is InChI=1S/C52H59F3N10O9S2/c1-29-45(75-28-59-29)33-12-10-31(11-13-33)25-58-49(69)39-24-36(66)27-65(39)50(70)46(52(3,4)5)61-42(67)9-7-6-8-22-73-37-19-21-41(57-26-37)60-48-43(47(56)68)44(62-63-48)34-16-20-38(64-76(71,72)51(54)55)40(23-34)74-30(2)32-14-17-35(53)18-15-32/h10-21,23,26,28,30,36,39,46,51,64,66H,6-9,22,24-25,27H2,1-5H3,(H2,56,68)(H,58,69)(H,61,67)(H2,57,60,62,63)/t30-,36+,39-,46+/m0/s1. The molecule has 1 aliphatic heterocycles. The average Bonchev–Trinajstić information content (AvgIpc) is 4.13. The van der Waals surface area contributed by atoms with Crippen LogP contribution in [0.15, 0.2) is 90.6 Å². The van der Waals surface area contributed by atoms with E-state index in [-0.39, 0.29) is 71.7 Å². The van der Waals surface area contributed by atoms with Crippen LogP contribution >= 0.6 is 11.3 Å². The molecule has 4 amide bonds. The number of likely N-dealkylation sites (tertiary alicyclic amines) is 1. The molecule has 6 aromatic rings. The lowest BCUT2D eigenvalue weighted by Crippen LogP contribution is -2.57. The number of nitrogens with two attached hydrogens (primary N) is 1. The molecule has 0 radical (unpaired) electrons. The molecule has 4 atom stereocenters. The van der Waals surface area contributed by atoms with Gasteiger partial charge < -0.3 is 41.2 Å². The molecule has 8 N–H and O–H groups in total. The lowest BCUT2D eigenvalue weighted by molar-refractivity contribution is -0.144. The molecule has 3 aromatic carbocycles. The fourth-order valence-corrected chi connectivity index (χ4v) is 9.74. The van der Waals surface area contributed by atoms with Crippen molar-refractivity contribution in [2.75, 3.05) is 23.2 Å². The number of amides is 4. The largest absolute Gasteiger partial charge is 0.492 e. The summed E-state index contributed by atoms with van der Waals surface area (Å²) in [5, 5.41) is 26.3. The van der Waals surface area contributed by atoms with Crippen LogP contribution in [-0.2, 0) is 31.0 Å². The van der Waals surface area contributed by atoms with E-state index in [2.05, 4.69) is 36.1 Å². The van der Waals surface area contributed by atoms with Crippen molar-refractivity contribution in [3.05, 3.63) is 119 Å². The number of H-pyrrole nitrogens is 1. The van der Waals surface area contributed by atoms with Crippen LogP contribution in [0.1, 0.15) is 93.1 Å². The summed E-state index contributed by atoms with van der Waals surface area (Å²) in [6.45, 7) is 9.50. The highest BCUT2D eigenvalue weighted by Crippen LogP contribution is 2.38. The first kappa shape index (κ1) is 56.2. The number of alkyl halides is 2. The second kappa shape index (κ2) is 24.4. The number of halogens is 3. The zero-order valence-electron chi connectivity index (χ0n) is 42.2. The molecule has 404 valence electrons. The number of ether oxygens (including phenoxy) is 2. The summed E-state index contributed by atoms with van der Waals surface area (Å²) in [6, 6.07) is 18.2. The Balaban J connectivity index is 0.887. The SMILES string of the molecule is Cc1ncsc1-c1ccc(CNC(=O)[C@@H]2C[C@@H](O)CN2C(=O)[C@@H](NC(=O)CCCCCOc2ccc(Nc3n[nH]c(-c4ccc(NS(=O)(=O)C(F)F)c(O[C@@H](C)c5ccc(F)cc5)c4)c3C(N)=O)nc2)C(C)(C)C)cc1. The number of nitrogens with zero attached hydrogens (tertiary/aromatic N) is 4. The number of aromatic amines is 1. The molecule has 0 spiro atoms. The smallest absolute Gasteiger partial charge is 0.355 e. The van der Waals surface area contributed by atoms with Gasteiger partial charge in [-0.05, 0) is 91.6 Å². The molecule has 1 fully saturated rings. The topological polar surface area (TPSA) is 273 Å². The molecule has 7 rings (SSSR count). The first-order chi connectivity index (χ1) is 36.1. The minimum Gasteiger partial charge on any atom is -0.492 e. The zero-order valence-corrected chi connectivity index (χ0v) is 43.9. The number of aliphatic hydroxyl groups excluding tert-OH is 1. The molecule has 3 aromatic heterocycles. The first-order valence-corrected chi connectivity index (χ1v) is 26.7.